The number of rotatable bonds is 3. The highest BCUT2D eigenvalue weighted by Gasteiger charge is 2.40. The third-order valence-electron chi connectivity index (χ3n) is 3.70. The van der Waals surface area contributed by atoms with Crippen molar-refractivity contribution in [3.05, 3.63) is 18.0 Å². The predicted molar refractivity (Wildman–Crippen MR) is 68.7 cm³/mol. The first-order chi connectivity index (χ1) is 9.59. The summed E-state index contributed by atoms with van der Waals surface area (Å²) in [7, 11) is -3.19. The molecule has 2 atom stereocenters. The summed E-state index contributed by atoms with van der Waals surface area (Å²) in [5.41, 5.74) is -0.524. The number of aromatic nitrogens is 2. The Bertz CT molecular complexity index is 636. The average Bonchev–Trinajstić information content (AvgIpc) is 2.85. The van der Waals surface area contributed by atoms with Gasteiger partial charge in [-0.25, -0.2) is 8.42 Å². The standard InChI is InChI=1S/C12H15F3N2O3S/c1-21(19,20)10-4-2-3-9(5-10)17-7-8(6-16-17)11(18)12(13,14)15/h6-7,9-10H,2-5H2,1H3. The number of alkyl halides is 3. The second-order valence-corrected chi connectivity index (χ2v) is 7.63. The van der Waals surface area contributed by atoms with Crippen LogP contribution < -0.4 is 0 Å². The van der Waals surface area contributed by atoms with Crippen molar-refractivity contribution in [1.82, 2.24) is 9.78 Å². The van der Waals surface area contributed by atoms with Crippen LogP contribution in [0.1, 0.15) is 42.1 Å². The van der Waals surface area contributed by atoms with E-state index < -0.39 is 32.6 Å². The van der Waals surface area contributed by atoms with Crippen LogP contribution in [-0.2, 0) is 9.84 Å². The van der Waals surface area contributed by atoms with Crippen LogP contribution in [0, 0.1) is 0 Å². The SMILES string of the molecule is CS(=O)(=O)C1CCCC(n2cc(C(=O)C(F)(F)F)cn2)C1. The quantitative estimate of drug-likeness (QED) is 0.799. The van der Waals surface area contributed by atoms with Crippen molar-refractivity contribution in [2.24, 2.45) is 0 Å². The van der Waals surface area contributed by atoms with Crippen LogP contribution in [0.4, 0.5) is 13.2 Å². The summed E-state index contributed by atoms with van der Waals surface area (Å²) < 4.78 is 61.4. The van der Waals surface area contributed by atoms with Crippen molar-refractivity contribution in [3.8, 4) is 0 Å². The van der Waals surface area contributed by atoms with Crippen LogP contribution >= 0.6 is 0 Å². The Morgan fingerprint density at radius 3 is 2.62 bits per heavy atom. The van der Waals surface area contributed by atoms with E-state index in [1.54, 1.807) is 0 Å². The van der Waals surface area contributed by atoms with E-state index in [9.17, 15) is 26.4 Å². The Morgan fingerprint density at radius 1 is 1.38 bits per heavy atom. The third kappa shape index (κ3) is 3.63. The molecule has 21 heavy (non-hydrogen) atoms. The number of halogens is 3. The minimum atomic E-state index is -4.93. The van der Waals surface area contributed by atoms with Gasteiger partial charge in [0.25, 0.3) is 5.78 Å². The van der Waals surface area contributed by atoms with Gasteiger partial charge in [0, 0.05) is 12.5 Å². The van der Waals surface area contributed by atoms with Crippen LogP contribution in [0.2, 0.25) is 0 Å². The second-order valence-electron chi connectivity index (χ2n) is 5.31. The number of carbonyl (C=O) groups excluding carboxylic acids is 1. The van der Waals surface area contributed by atoms with Crippen LogP contribution in [0.15, 0.2) is 12.4 Å². The van der Waals surface area contributed by atoms with Gasteiger partial charge in [-0.1, -0.05) is 6.42 Å². The summed E-state index contributed by atoms with van der Waals surface area (Å²) in [6, 6.07) is -0.298. The molecule has 0 N–H and O–H groups in total. The molecule has 118 valence electrons. The maximum Gasteiger partial charge on any atom is 0.454 e. The van der Waals surface area contributed by atoms with Crippen molar-refractivity contribution in [2.75, 3.05) is 6.26 Å². The van der Waals surface area contributed by atoms with Gasteiger partial charge >= 0.3 is 6.18 Å². The normalized spacial score (nSPS) is 24.0. The van der Waals surface area contributed by atoms with Crippen molar-refractivity contribution in [1.29, 1.82) is 0 Å². The van der Waals surface area contributed by atoms with Gasteiger partial charge in [-0.15, -0.1) is 0 Å². The Morgan fingerprint density at radius 2 is 2.05 bits per heavy atom. The first-order valence-corrected chi connectivity index (χ1v) is 8.39. The maximum absolute atomic E-state index is 12.3. The van der Waals surface area contributed by atoms with E-state index in [2.05, 4.69) is 5.10 Å². The molecule has 0 bridgehead atoms. The minimum Gasteiger partial charge on any atom is -0.284 e. The number of ketones is 1. The van der Waals surface area contributed by atoms with E-state index in [1.165, 1.54) is 4.68 Å². The molecule has 1 aromatic heterocycles. The van der Waals surface area contributed by atoms with E-state index in [0.717, 1.165) is 18.6 Å². The van der Waals surface area contributed by atoms with Crippen LogP contribution in [-0.4, -0.2) is 41.7 Å². The zero-order chi connectivity index (χ0) is 15.8. The summed E-state index contributed by atoms with van der Waals surface area (Å²) >= 11 is 0. The first-order valence-electron chi connectivity index (χ1n) is 6.43. The van der Waals surface area contributed by atoms with Gasteiger partial charge in [0.2, 0.25) is 0 Å². The van der Waals surface area contributed by atoms with Gasteiger partial charge < -0.3 is 0 Å². The van der Waals surface area contributed by atoms with Gasteiger partial charge in [-0.2, -0.15) is 18.3 Å². The highest BCUT2D eigenvalue weighted by atomic mass is 32.2. The number of nitrogens with zero attached hydrogens (tertiary/aromatic N) is 2. The molecule has 1 aromatic rings. The van der Waals surface area contributed by atoms with E-state index in [1.807, 2.05) is 0 Å². The van der Waals surface area contributed by atoms with E-state index in [0.29, 0.717) is 25.7 Å². The second kappa shape index (κ2) is 5.43. The smallest absolute Gasteiger partial charge is 0.284 e. The molecular weight excluding hydrogens is 309 g/mol. The molecule has 1 aliphatic carbocycles. The molecule has 0 spiro atoms. The van der Waals surface area contributed by atoms with Crippen LogP contribution in [0.5, 0.6) is 0 Å². The lowest BCUT2D eigenvalue weighted by Crippen LogP contribution is -2.29. The number of sulfone groups is 1. The van der Waals surface area contributed by atoms with Crippen molar-refractivity contribution in [2.45, 2.75) is 43.2 Å². The molecule has 0 radical (unpaired) electrons. The van der Waals surface area contributed by atoms with Gasteiger partial charge in [0.15, 0.2) is 0 Å². The Hall–Kier alpha value is -1.38. The summed E-state index contributed by atoms with van der Waals surface area (Å²) in [6.45, 7) is 0. The lowest BCUT2D eigenvalue weighted by Gasteiger charge is -2.28. The van der Waals surface area contributed by atoms with Crippen LogP contribution in [0.25, 0.3) is 0 Å². The number of hydrogen-bond acceptors (Lipinski definition) is 4. The number of hydrogen-bond donors (Lipinski definition) is 0. The molecule has 1 heterocycles. The Balaban J connectivity index is 2.16. The van der Waals surface area contributed by atoms with E-state index in [-0.39, 0.29) is 6.04 Å². The van der Waals surface area contributed by atoms with Crippen molar-refractivity contribution >= 4 is 15.6 Å². The van der Waals surface area contributed by atoms with Gasteiger partial charge in [-0.3, -0.25) is 9.48 Å². The molecular formula is C12H15F3N2O3S. The lowest BCUT2D eigenvalue weighted by atomic mass is 9.95. The highest BCUT2D eigenvalue weighted by Crippen LogP contribution is 2.32. The molecule has 0 amide bonds. The van der Waals surface area contributed by atoms with Crippen molar-refractivity contribution in [3.63, 3.8) is 0 Å². The predicted octanol–water partition coefficient (Wildman–Crippen LogP) is 2.16. The molecule has 2 rings (SSSR count). The lowest BCUT2D eigenvalue weighted by molar-refractivity contribution is -0.0885. The maximum atomic E-state index is 12.3. The fourth-order valence-corrected chi connectivity index (χ4v) is 3.73. The summed E-state index contributed by atoms with van der Waals surface area (Å²) in [5.74, 6) is -1.94. The number of Topliss-reactive ketones (excluding diaryl/α,β-unsaturated/α-hetero) is 1. The fraction of sp³-hybridized carbons (Fsp3) is 0.667. The van der Waals surface area contributed by atoms with Crippen LogP contribution in [0.3, 0.4) is 0 Å². The monoisotopic (exact) mass is 324 g/mol. The molecule has 1 aliphatic rings. The minimum absolute atomic E-state index is 0.298. The van der Waals surface area contributed by atoms with E-state index in [4.69, 9.17) is 0 Å². The molecule has 0 saturated heterocycles. The molecule has 1 fully saturated rings. The highest BCUT2D eigenvalue weighted by molar-refractivity contribution is 7.91. The molecule has 1 saturated carbocycles. The first kappa shape index (κ1) is 16.0. The average molecular weight is 324 g/mol. The zero-order valence-corrected chi connectivity index (χ0v) is 12.1. The third-order valence-corrected chi connectivity index (χ3v) is 5.34. The Kier molecular flexibility index (Phi) is 4.14. The summed E-state index contributed by atoms with van der Waals surface area (Å²) in [5, 5.41) is 3.28. The number of carbonyl (C=O) groups is 1. The molecule has 5 nitrogen and oxygen atoms in total. The zero-order valence-electron chi connectivity index (χ0n) is 11.3. The van der Waals surface area contributed by atoms with Crippen molar-refractivity contribution < 1.29 is 26.4 Å². The Labute approximate surface area is 120 Å². The molecule has 0 aromatic carbocycles. The largest absolute Gasteiger partial charge is 0.454 e. The molecule has 0 aliphatic heterocycles. The molecule has 9 heteroatoms. The van der Waals surface area contributed by atoms with Gasteiger partial charge in [-0.05, 0) is 19.3 Å². The molecule has 2 unspecified atom stereocenters. The van der Waals surface area contributed by atoms with E-state index >= 15 is 0 Å². The topological polar surface area (TPSA) is 69.0 Å². The fourth-order valence-electron chi connectivity index (χ4n) is 2.57. The summed E-state index contributed by atoms with van der Waals surface area (Å²) in [4.78, 5) is 11.1. The summed E-state index contributed by atoms with van der Waals surface area (Å²) in [6.07, 6.45) is 0.283. The van der Waals surface area contributed by atoms with Gasteiger partial charge in [0.1, 0.15) is 9.84 Å². The van der Waals surface area contributed by atoms with Gasteiger partial charge in [0.05, 0.1) is 23.1 Å².